The second-order valence-corrected chi connectivity index (χ2v) is 6.39. The predicted octanol–water partition coefficient (Wildman–Crippen LogP) is 3.76. The number of nitrogens with zero attached hydrogens (tertiary/aromatic N) is 1. The maximum absolute atomic E-state index is 13.2. The fourth-order valence-corrected chi connectivity index (χ4v) is 2.98. The van der Waals surface area contributed by atoms with Gasteiger partial charge in [0.05, 0.1) is 0 Å². The van der Waals surface area contributed by atoms with Crippen LogP contribution in [0.1, 0.15) is 5.56 Å². The number of halogens is 3. The van der Waals surface area contributed by atoms with Crippen molar-refractivity contribution in [1.82, 2.24) is 0 Å². The van der Waals surface area contributed by atoms with Crippen LogP contribution in [-0.2, 0) is 0 Å². The molecule has 6 heteroatoms. The molecule has 2 aromatic rings. The number of hydrogen-bond acceptors (Lipinski definition) is 2. The molecular weight excluding hydrogens is 382 g/mol. The van der Waals surface area contributed by atoms with E-state index in [1.54, 1.807) is 24.3 Å². The first-order valence-corrected chi connectivity index (χ1v) is 9.46. The molecule has 0 spiro atoms. The number of alkyl halides is 3. The second kappa shape index (κ2) is 8.05. The Balaban J connectivity index is 2.40. The van der Waals surface area contributed by atoms with E-state index >= 15 is 0 Å². The van der Waals surface area contributed by atoms with Crippen molar-refractivity contribution in [2.75, 3.05) is 7.11 Å². The number of ether oxygens (including phenoxy) is 1. The van der Waals surface area contributed by atoms with Gasteiger partial charge in [-0.3, -0.25) is 0 Å². The fraction of sp³-hybridized carbons (Fsp3) is 0.167. The van der Waals surface area contributed by atoms with Crippen molar-refractivity contribution in [3.05, 3.63) is 54.1 Å². The molecule has 0 aromatic heterocycles. The molecule has 0 atom stereocenters. The third-order valence-electron chi connectivity index (χ3n) is 3.00. The van der Waals surface area contributed by atoms with Crippen molar-refractivity contribution in [2.45, 2.75) is 12.0 Å². The summed E-state index contributed by atoms with van der Waals surface area (Å²) in [6, 6.07) is 13.2. The van der Waals surface area contributed by atoms with Crippen LogP contribution in [0.3, 0.4) is 0 Å². The summed E-state index contributed by atoms with van der Waals surface area (Å²) in [6.45, 7) is 0. The van der Waals surface area contributed by atoms with Gasteiger partial charge in [0.15, 0.2) is 0 Å². The number of benzene rings is 2. The molecule has 0 bridgehead atoms. The summed E-state index contributed by atoms with van der Waals surface area (Å²) in [6.07, 6.45) is -4.61. The topological polar surface area (TPSA) is 21.6 Å². The molecule has 0 aliphatic heterocycles. The van der Waals surface area contributed by atoms with Crippen LogP contribution < -0.4 is 9.20 Å². The van der Waals surface area contributed by atoms with Crippen LogP contribution in [-0.4, -0.2) is 34.0 Å². The molecule has 0 heterocycles. The molecule has 0 saturated heterocycles. The Hall–Kier alpha value is -2.22. The van der Waals surface area contributed by atoms with Crippen molar-refractivity contribution >= 4 is 30.8 Å². The summed E-state index contributed by atoms with van der Waals surface area (Å²) in [4.78, 5) is 3.64. The molecular formula is C18H14F3NOSe. The van der Waals surface area contributed by atoms with Gasteiger partial charge in [-0.1, -0.05) is 0 Å². The van der Waals surface area contributed by atoms with Crippen LogP contribution >= 0.6 is 0 Å². The van der Waals surface area contributed by atoms with E-state index in [1.165, 1.54) is 19.2 Å². The molecule has 0 fully saturated rings. The van der Waals surface area contributed by atoms with Gasteiger partial charge in [0.2, 0.25) is 0 Å². The van der Waals surface area contributed by atoms with Gasteiger partial charge in [-0.15, -0.1) is 0 Å². The van der Waals surface area contributed by atoms with Gasteiger partial charge in [-0.25, -0.2) is 0 Å². The van der Waals surface area contributed by atoms with Gasteiger partial charge in [0.1, 0.15) is 0 Å². The van der Waals surface area contributed by atoms with E-state index in [0.29, 0.717) is 11.3 Å². The first-order valence-electron chi connectivity index (χ1n) is 6.89. The van der Waals surface area contributed by atoms with E-state index < -0.39 is 11.9 Å². The molecule has 2 nitrogen and oxygen atoms in total. The predicted molar refractivity (Wildman–Crippen MR) is 90.7 cm³/mol. The average Bonchev–Trinajstić information content (AvgIpc) is 2.58. The molecule has 124 valence electrons. The summed E-state index contributed by atoms with van der Waals surface area (Å²) >= 11 is 0.150. The normalized spacial score (nSPS) is 11.6. The zero-order chi connectivity index (χ0) is 17.6. The number of methoxy groups -OCH3 is 1. The molecule has 2 rings (SSSR count). The van der Waals surface area contributed by atoms with Crippen molar-refractivity contribution in [2.24, 2.45) is 4.99 Å². The van der Waals surface area contributed by atoms with Gasteiger partial charge in [-0.2, -0.15) is 0 Å². The van der Waals surface area contributed by atoms with Crippen molar-refractivity contribution in [3.8, 4) is 17.6 Å². The molecule has 0 unspecified atom stereocenters. The summed E-state index contributed by atoms with van der Waals surface area (Å²) < 4.78 is 45.5. The van der Waals surface area contributed by atoms with Crippen LogP contribution in [0.25, 0.3) is 0 Å². The SMILES string of the molecule is COc1ccc(N=C(C#Cc2ccccc2[Se]C)C(F)(F)F)cc1. The van der Waals surface area contributed by atoms with E-state index in [4.69, 9.17) is 4.74 Å². The van der Waals surface area contributed by atoms with Crippen LogP contribution in [0.2, 0.25) is 5.82 Å². The summed E-state index contributed by atoms with van der Waals surface area (Å²) in [5, 5.41) is 0. The Labute approximate surface area is 144 Å². The first-order chi connectivity index (χ1) is 11.4. The number of rotatable bonds is 3. The maximum atomic E-state index is 13.2. The third-order valence-corrected chi connectivity index (χ3v) is 4.67. The number of aliphatic imine (C=N–C) groups is 1. The van der Waals surface area contributed by atoms with Gasteiger partial charge < -0.3 is 0 Å². The Morgan fingerprint density at radius 1 is 1.08 bits per heavy atom. The van der Waals surface area contributed by atoms with E-state index in [-0.39, 0.29) is 20.6 Å². The monoisotopic (exact) mass is 397 g/mol. The van der Waals surface area contributed by atoms with Crippen molar-refractivity contribution in [1.29, 1.82) is 0 Å². The van der Waals surface area contributed by atoms with Crippen molar-refractivity contribution < 1.29 is 17.9 Å². The first kappa shape index (κ1) is 18.1. The minimum absolute atomic E-state index is 0.150. The van der Waals surface area contributed by atoms with Crippen LogP contribution in [0.4, 0.5) is 18.9 Å². The van der Waals surface area contributed by atoms with Crippen LogP contribution in [0.15, 0.2) is 53.5 Å². The van der Waals surface area contributed by atoms with E-state index in [2.05, 4.69) is 16.8 Å². The Morgan fingerprint density at radius 2 is 1.75 bits per heavy atom. The van der Waals surface area contributed by atoms with E-state index in [9.17, 15) is 13.2 Å². The molecule has 0 radical (unpaired) electrons. The fourth-order valence-electron chi connectivity index (χ4n) is 1.82. The average molecular weight is 396 g/mol. The van der Waals surface area contributed by atoms with Crippen LogP contribution in [0.5, 0.6) is 5.75 Å². The molecule has 0 N–H and O–H groups in total. The Bertz CT molecular complexity index is 786. The second-order valence-electron chi connectivity index (χ2n) is 4.61. The summed E-state index contributed by atoms with van der Waals surface area (Å²) in [5.74, 6) is 7.32. The van der Waals surface area contributed by atoms with Gasteiger partial charge in [0, 0.05) is 0 Å². The van der Waals surface area contributed by atoms with Gasteiger partial charge in [-0.05, 0) is 0 Å². The molecule has 24 heavy (non-hydrogen) atoms. The minimum atomic E-state index is -4.61. The molecule has 2 aromatic carbocycles. The molecule has 0 aliphatic rings. The Kier molecular flexibility index (Phi) is 6.08. The molecule has 0 saturated carbocycles. The molecule has 0 aliphatic carbocycles. The standard InChI is InChI=1S/C18H14F3NOSe/c1-23-15-10-8-14(9-11-15)22-17(18(19,20)21)12-7-13-5-3-4-6-16(13)24-2/h3-6,8-11H,1-2H3. The van der Waals surface area contributed by atoms with Crippen LogP contribution in [0, 0.1) is 11.8 Å². The third kappa shape index (κ3) is 4.89. The summed E-state index contributed by atoms with van der Waals surface area (Å²) in [5.41, 5.74) is -0.344. The van der Waals surface area contributed by atoms with E-state index in [1.807, 2.05) is 18.0 Å². The number of hydrogen-bond donors (Lipinski definition) is 0. The van der Waals surface area contributed by atoms with Gasteiger partial charge >= 0.3 is 145 Å². The zero-order valence-electron chi connectivity index (χ0n) is 13.0. The van der Waals surface area contributed by atoms with Gasteiger partial charge in [0.25, 0.3) is 0 Å². The zero-order valence-corrected chi connectivity index (χ0v) is 14.7. The summed E-state index contributed by atoms with van der Waals surface area (Å²) in [7, 11) is 1.48. The quantitative estimate of drug-likeness (QED) is 0.440. The Morgan fingerprint density at radius 3 is 2.33 bits per heavy atom. The van der Waals surface area contributed by atoms with E-state index in [0.717, 1.165) is 4.46 Å². The van der Waals surface area contributed by atoms with Crippen molar-refractivity contribution in [3.63, 3.8) is 0 Å². The molecule has 0 amide bonds.